The molecule has 15 heavy (non-hydrogen) atoms. The molecule has 0 saturated carbocycles. The first kappa shape index (κ1) is 10.6. The van der Waals surface area contributed by atoms with Crippen LogP contribution in [0.25, 0.3) is 0 Å². The third kappa shape index (κ3) is 1.67. The predicted molar refractivity (Wildman–Crippen MR) is 56.2 cm³/mol. The van der Waals surface area contributed by atoms with E-state index in [0.29, 0.717) is 19.5 Å². The topological polar surface area (TPSA) is 49.4 Å². The summed E-state index contributed by atoms with van der Waals surface area (Å²) in [5.41, 5.74) is -0.398. The zero-order chi connectivity index (χ0) is 10.9. The van der Waals surface area contributed by atoms with Gasteiger partial charge in [0, 0.05) is 19.5 Å². The molecule has 4 nitrogen and oxygen atoms in total. The minimum Gasteiger partial charge on any atom is -0.316 e. The highest BCUT2D eigenvalue weighted by atomic mass is 16.2. The summed E-state index contributed by atoms with van der Waals surface area (Å²) in [7, 11) is 0. The Morgan fingerprint density at radius 3 is 2.87 bits per heavy atom. The molecular weight excluding hydrogens is 192 g/mol. The maximum Gasteiger partial charge on any atom is 0.237 e. The Morgan fingerprint density at radius 1 is 1.47 bits per heavy atom. The van der Waals surface area contributed by atoms with Gasteiger partial charge in [-0.2, -0.15) is 0 Å². The minimum atomic E-state index is -0.398. The van der Waals surface area contributed by atoms with Gasteiger partial charge in [0.1, 0.15) is 0 Å². The van der Waals surface area contributed by atoms with Crippen LogP contribution < -0.4 is 5.32 Å². The molecule has 4 heteroatoms. The average molecular weight is 210 g/mol. The molecule has 0 aromatic heterocycles. The first-order chi connectivity index (χ1) is 7.19. The molecule has 1 spiro atoms. The van der Waals surface area contributed by atoms with E-state index < -0.39 is 5.41 Å². The Hall–Kier alpha value is -0.900. The summed E-state index contributed by atoms with van der Waals surface area (Å²) >= 11 is 0. The van der Waals surface area contributed by atoms with Gasteiger partial charge in [0.15, 0.2) is 0 Å². The smallest absolute Gasteiger partial charge is 0.237 e. The zero-order valence-electron chi connectivity index (χ0n) is 9.21. The first-order valence-electron chi connectivity index (χ1n) is 5.75. The fourth-order valence-electron chi connectivity index (χ4n) is 2.61. The van der Waals surface area contributed by atoms with Crippen LogP contribution in [0.4, 0.5) is 0 Å². The molecule has 2 saturated heterocycles. The van der Waals surface area contributed by atoms with Crippen LogP contribution >= 0.6 is 0 Å². The number of piperidine rings is 1. The van der Waals surface area contributed by atoms with Gasteiger partial charge in [-0.15, -0.1) is 0 Å². The van der Waals surface area contributed by atoms with E-state index in [1.807, 2.05) is 6.92 Å². The molecule has 84 valence electrons. The molecule has 0 radical (unpaired) electrons. The second kappa shape index (κ2) is 3.93. The molecule has 0 aromatic rings. The van der Waals surface area contributed by atoms with E-state index in [1.165, 1.54) is 4.90 Å². The van der Waals surface area contributed by atoms with E-state index in [2.05, 4.69) is 5.32 Å². The van der Waals surface area contributed by atoms with Gasteiger partial charge < -0.3 is 5.32 Å². The van der Waals surface area contributed by atoms with Crippen molar-refractivity contribution in [2.45, 2.75) is 32.6 Å². The van der Waals surface area contributed by atoms with E-state index in [1.54, 1.807) is 0 Å². The predicted octanol–water partition coefficient (Wildman–Crippen LogP) is 0.525. The molecule has 0 aliphatic carbocycles. The van der Waals surface area contributed by atoms with Gasteiger partial charge in [-0.05, 0) is 25.8 Å². The molecule has 0 aromatic carbocycles. The molecule has 2 aliphatic rings. The quantitative estimate of drug-likeness (QED) is 0.676. The standard InChI is InChI=1S/C11H18N2O2/c1-2-6-13-9(14)7-11(10(13)15)4-3-5-12-8-11/h12H,2-8H2,1H3/t11-/m0/s1. The molecule has 2 aliphatic heterocycles. The Kier molecular flexibility index (Phi) is 2.78. The number of hydrogen-bond donors (Lipinski definition) is 1. The van der Waals surface area contributed by atoms with Gasteiger partial charge in [-0.1, -0.05) is 6.92 Å². The van der Waals surface area contributed by atoms with Crippen molar-refractivity contribution in [3.05, 3.63) is 0 Å². The van der Waals surface area contributed by atoms with Crippen LogP contribution in [0.5, 0.6) is 0 Å². The van der Waals surface area contributed by atoms with Gasteiger partial charge >= 0.3 is 0 Å². The number of likely N-dealkylation sites (tertiary alicyclic amines) is 1. The number of imide groups is 1. The molecule has 2 fully saturated rings. The summed E-state index contributed by atoms with van der Waals surface area (Å²) in [6, 6.07) is 0. The van der Waals surface area contributed by atoms with E-state index in [0.717, 1.165) is 25.8 Å². The van der Waals surface area contributed by atoms with E-state index >= 15 is 0 Å². The molecule has 2 rings (SSSR count). The minimum absolute atomic E-state index is 0.0190. The number of carbonyl (C=O) groups excluding carboxylic acids is 2. The highest BCUT2D eigenvalue weighted by molar-refractivity contribution is 6.06. The summed E-state index contributed by atoms with van der Waals surface area (Å²) in [5, 5.41) is 3.23. The highest BCUT2D eigenvalue weighted by Crippen LogP contribution is 2.38. The maximum atomic E-state index is 12.1. The highest BCUT2D eigenvalue weighted by Gasteiger charge is 2.51. The summed E-state index contributed by atoms with van der Waals surface area (Å²) in [6.07, 6.45) is 3.13. The Bertz CT molecular complexity index is 282. The lowest BCUT2D eigenvalue weighted by Gasteiger charge is -2.31. The second-order valence-corrected chi connectivity index (χ2v) is 4.59. The normalized spacial score (nSPS) is 31.7. The molecular formula is C11H18N2O2. The number of carbonyl (C=O) groups is 2. The maximum absolute atomic E-state index is 12.1. The molecule has 1 N–H and O–H groups in total. The van der Waals surface area contributed by atoms with E-state index in [9.17, 15) is 9.59 Å². The Labute approximate surface area is 90.0 Å². The van der Waals surface area contributed by atoms with Gasteiger partial charge in [-0.25, -0.2) is 0 Å². The van der Waals surface area contributed by atoms with Gasteiger partial charge in [0.25, 0.3) is 0 Å². The third-order valence-electron chi connectivity index (χ3n) is 3.41. The summed E-state index contributed by atoms with van der Waals surface area (Å²) in [6.45, 7) is 4.22. The number of nitrogens with one attached hydrogen (secondary N) is 1. The molecule has 0 unspecified atom stereocenters. The van der Waals surface area contributed by atoms with Crippen LogP contribution in [0.15, 0.2) is 0 Å². The summed E-state index contributed by atoms with van der Waals surface area (Å²) in [4.78, 5) is 25.3. The monoisotopic (exact) mass is 210 g/mol. The van der Waals surface area contributed by atoms with Crippen molar-refractivity contribution in [3.63, 3.8) is 0 Å². The summed E-state index contributed by atoms with van der Waals surface area (Å²) in [5.74, 6) is 0.0760. The van der Waals surface area contributed by atoms with Crippen LogP contribution in [0.3, 0.4) is 0 Å². The first-order valence-corrected chi connectivity index (χ1v) is 5.75. The van der Waals surface area contributed by atoms with Crippen molar-refractivity contribution in [2.24, 2.45) is 5.41 Å². The Morgan fingerprint density at radius 2 is 2.27 bits per heavy atom. The third-order valence-corrected chi connectivity index (χ3v) is 3.41. The number of amides is 2. The number of nitrogens with zero attached hydrogens (tertiary/aromatic N) is 1. The molecule has 1 atom stereocenters. The number of hydrogen-bond acceptors (Lipinski definition) is 3. The van der Waals surface area contributed by atoms with Crippen LogP contribution in [0.2, 0.25) is 0 Å². The molecule has 2 amide bonds. The van der Waals surface area contributed by atoms with Crippen molar-refractivity contribution >= 4 is 11.8 Å². The van der Waals surface area contributed by atoms with Crippen molar-refractivity contribution in [3.8, 4) is 0 Å². The van der Waals surface area contributed by atoms with Crippen LogP contribution in [-0.2, 0) is 9.59 Å². The van der Waals surface area contributed by atoms with Crippen LogP contribution in [-0.4, -0.2) is 36.3 Å². The molecule has 0 bridgehead atoms. The van der Waals surface area contributed by atoms with Gasteiger partial charge in [0.05, 0.1) is 5.41 Å². The lowest BCUT2D eigenvalue weighted by atomic mass is 9.79. The SMILES string of the molecule is CCCN1C(=O)C[C@]2(CCCNC2)C1=O. The van der Waals surface area contributed by atoms with Gasteiger partial charge in [-0.3, -0.25) is 14.5 Å². The Balaban J connectivity index is 2.15. The van der Waals surface area contributed by atoms with Crippen molar-refractivity contribution < 1.29 is 9.59 Å². The summed E-state index contributed by atoms with van der Waals surface area (Å²) < 4.78 is 0. The van der Waals surface area contributed by atoms with Crippen LogP contribution in [0.1, 0.15) is 32.6 Å². The number of rotatable bonds is 2. The largest absolute Gasteiger partial charge is 0.316 e. The lowest BCUT2D eigenvalue weighted by molar-refractivity contribution is -0.141. The fraction of sp³-hybridized carbons (Fsp3) is 0.818. The van der Waals surface area contributed by atoms with Gasteiger partial charge in [0.2, 0.25) is 11.8 Å². The molecule has 2 heterocycles. The van der Waals surface area contributed by atoms with Crippen LogP contribution in [0, 0.1) is 5.41 Å². The van der Waals surface area contributed by atoms with Crippen molar-refractivity contribution in [1.82, 2.24) is 10.2 Å². The van der Waals surface area contributed by atoms with E-state index in [4.69, 9.17) is 0 Å². The lowest BCUT2D eigenvalue weighted by Crippen LogP contribution is -2.45. The average Bonchev–Trinajstić information content (AvgIpc) is 2.45. The van der Waals surface area contributed by atoms with Crippen molar-refractivity contribution in [1.29, 1.82) is 0 Å². The van der Waals surface area contributed by atoms with Crippen molar-refractivity contribution in [2.75, 3.05) is 19.6 Å². The zero-order valence-corrected chi connectivity index (χ0v) is 9.21. The van der Waals surface area contributed by atoms with E-state index in [-0.39, 0.29) is 11.8 Å². The fourth-order valence-corrected chi connectivity index (χ4v) is 2.61. The second-order valence-electron chi connectivity index (χ2n) is 4.59.